The molecule has 4 aromatic rings. The van der Waals surface area contributed by atoms with Crippen molar-refractivity contribution in [2.24, 2.45) is 0 Å². The third kappa shape index (κ3) is 2.40. The van der Waals surface area contributed by atoms with Gasteiger partial charge in [0, 0.05) is 45.7 Å². The van der Waals surface area contributed by atoms with Crippen LogP contribution in [-0.4, -0.2) is 30.4 Å². The Morgan fingerprint density at radius 2 is 1.43 bits per heavy atom. The van der Waals surface area contributed by atoms with Gasteiger partial charge in [-0.15, -0.1) is 0 Å². The van der Waals surface area contributed by atoms with Gasteiger partial charge >= 0.3 is 0 Å². The lowest BCUT2D eigenvalue weighted by Crippen LogP contribution is -2.03. The van der Waals surface area contributed by atoms with E-state index in [-0.39, 0.29) is 0 Å². The van der Waals surface area contributed by atoms with E-state index in [1.54, 1.807) is 0 Å². The minimum Gasteiger partial charge on any atom is -0.282 e. The molecule has 0 aromatic carbocycles. The van der Waals surface area contributed by atoms with Gasteiger partial charge < -0.3 is 0 Å². The molecule has 140 valence electrons. The summed E-state index contributed by atoms with van der Waals surface area (Å²) < 4.78 is 0. The number of fused-ring (bicyclic) bond motifs is 3. The van der Waals surface area contributed by atoms with Gasteiger partial charge in [0.15, 0.2) is 0 Å². The van der Waals surface area contributed by atoms with Crippen molar-refractivity contribution in [2.45, 2.75) is 51.4 Å². The summed E-state index contributed by atoms with van der Waals surface area (Å²) in [6, 6.07) is 4.17. The van der Waals surface area contributed by atoms with Crippen LogP contribution in [0.25, 0.3) is 33.5 Å². The van der Waals surface area contributed by atoms with Crippen LogP contribution in [-0.2, 0) is 25.7 Å². The normalized spacial score (nSPS) is 16.1. The Morgan fingerprint density at radius 1 is 0.750 bits per heavy atom. The summed E-state index contributed by atoms with van der Waals surface area (Å²) in [5.41, 5.74) is 9.06. The van der Waals surface area contributed by atoms with Gasteiger partial charge in [-0.3, -0.25) is 15.2 Å². The Hall–Kier alpha value is -3.02. The van der Waals surface area contributed by atoms with Crippen LogP contribution >= 0.6 is 0 Å². The van der Waals surface area contributed by atoms with E-state index in [4.69, 9.17) is 10.1 Å². The van der Waals surface area contributed by atoms with E-state index in [9.17, 15) is 0 Å². The first-order chi connectivity index (χ1) is 13.9. The lowest BCUT2D eigenvalue weighted by Gasteiger charge is -2.14. The molecule has 6 heteroatoms. The summed E-state index contributed by atoms with van der Waals surface area (Å²) in [7, 11) is 0. The van der Waals surface area contributed by atoms with Gasteiger partial charge in [0.2, 0.25) is 0 Å². The largest absolute Gasteiger partial charge is 0.282 e. The number of aromatic nitrogens is 6. The van der Waals surface area contributed by atoms with E-state index in [1.807, 2.05) is 18.5 Å². The molecule has 4 heterocycles. The molecule has 2 aliphatic carbocycles. The van der Waals surface area contributed by atoms with Gasteiger partial charge in [-0.2, -0.15) is 10.2 Å². The molecule has 6 rings (SSSR count). The first-order valence-corrected chi connectivity index (χ1v) is 10.3. The van der Waals surface area contributed by atoms with E-state index < -0.39 is 0 Å². The number of H-pyrrole nitrogens is 2. The average molecular weight is 370 g/mol. The third-order valence-electron chi connectivity index (χ3n) is 6.21. The molecule has 0 spiro atoms. The van der Waals surface area contributed by atoms with Crippen LogP contribution in [0.3, 0.4) is 0 Å². The number of pyridine rings is 2. The quantitative estimate of drug-likeness (QED) is 0.555. The highest BCUT2D eigenvalue weighted by Crippen LogP contribution is 2.36. The number of aromatic amines is 2. The number of hydrogen-bond donors (Lipinski definition) is 2. The van der Waals surface area contributed by atoms with E-state index in [2.05, 4.69) is 26.3 Å². The number of nitrogens with zero attached hydrogens (tertiary/aromatic N) is 4. The molecule has 0 unspecified atom stereocenters. The second-order valence-electron chi connectivity index (χ2n) is 7.93. The zero-order valence-electron chi connectivity index (χ0n) is 15.8. The molecule has 0 atom stereocenters. The molecule has 2 aliphatic rings. The van der Waals surface area contributed by atoms with Crippen LogP contribution in [0.2, 0.25) is 0 Å². The van der Waals surface area contributed by atoms with Gasteiger partial charge in [-0.1, -0.05) is 0 Å². The van der Waals surface area contributed by atoms with Crippen LogP contribution in [0.15, 0.2) is 24.5 Å². The average Bonchev–Trinajstić information content (AvgIpc) is 3.37. The molecule has 0 aliphatic heterocycles. The monoisotopic (exact) mass is 370 g/mol. The standard InChI is InChI=1S/C22H22N6/c1-3-7-17-15(5-1)20(27-25-17)19-11-13-12-23-10-9-14(13)21(24-19)22-16-6-2-4-8-18(16)26-28-22/h9-12H,1-8H2,(H,25,27)(H,26,28). The minimum atomic E-state index is 0.919. The fraction of sp³-hybridized carbons (Fsp3) is 0.364. The first-order valence-electron chi connectivity index (χ1n) is 10.3. The topological polar surface area (TPSA) is 83.1 Å². The van der Waals surface area contributed by atoms with Crippen molar-refractivity contribution < 1.29 is 0 Å². The molecule has 0 bridgehead atoms. The highest BCUT2D eigenvalue weighted by Gasteiger charge is 2.23. The Labute approximate surface area is 162 Å². The highest BCUT2D eigenvalue weighted by molar-refractivity contribution is 5.96. The van der Waals surface area contributed by atoms with Crippen molar-refractivity contribution in [2.75, 3.05) is 0 Å². The van der Waals surface area contributed by atoms with E-state index >= 15 is 0 Å². The molecule has 0 saturated heterocycles. The summed E-state index contributed by atoms with van der Waals surface area (Å²) in [5, 5.41) is 18.0. The second kappa shape index (κ2) is 6.26. The SMILES string of the molecule is c1cc2c(-c3n[nH]c4c3CCCC4)nc(-c3n[nH]c4c3CCCC4)cc2cn1. The smallest absolute Gasteiger partial charge is 0.115 e. The molecule has 0 fully saturated rings. The summed E-state index contributed by atoms with van der Waals surface area (Å²) in [4.78, 5) is 9.46. The highest BCUT2D eigenvalue weighted by atomic mass is 15.1. The lowest BCUT2D eigenvalue weighted by atomic mass is 9.93. The van der Waals surface area contributed by atoms with Gasteiger partial charge in [-0.05, 0) is 63.5 Å². The van der Waals surface area contributed by atoms with Crippen molar-refractivity contribution in [3.05, 3.63) is 47.0 Å². The number of rotatable bonds is 2. The van der Waals surface area contributed by atoms with Crippen LogP contribution in [0, 0.1) is 0 Å². The van der Waals surface area contributed by atoms with Crippen LogP contribution in [0.4, 0.5) is 0 Å². The Morgan fingerprint density at radius 3 is 2.21 bits per heavy atom. The van der Waals surface area contributed by atoms with Gasteiger partial charge in [-0.25, -0.2) is 4.98 Å². The van der Waals surface area contributed by atoms with Crippen molar-refractivity contribution in [3.63, 3.8) is 0 Å². The molecule has 28 heavy (non-hydrogen) atoms. The van der Waals surface area contributed by atoms with E-state index in [0.29, 0.717) is 0 Å². The zero-order valence-corrected chi connectivity index (χ0v) is 15.8. The Balaban J connectivity index is 1.59. The van der Waals surface area contributed by atoms with Gasteiger partial charge in [0.05, 0.1) is 11.4 Å². The Bertz CT molecular complexity index is 1190. The molecule has 0 radical (unpaired) electrons. The molecule has 0 saturated carbocycles. The Kier molecular flexibility index (Phi) is 3.57. The van der Waals surface area contributed by atoms with Crippen LogP contribution < -0.4 is 0 Å². The summed E-state index contributed by atoms with van der Waals surface area (Å²) in [5.74, 6) is 0. The summed E-state index contributed by atoms with van der Waals surface area (Å²) >= 11 is 0. The molecular weight excluding hydrogens is 348 g/mol. The first kappa shape index (κ1) is 16.0. The maximum atomic E-state index is 5.11. The van der Waals surface area contributed by atoms with Crippen molar-refractivity contribution in [3.8, 4) is 22.8 Å². The maximum Gasteiger partial charge on any atom is 0.115 e. The minimum absolute atomic E-state index is 0.919. The molecule has 6 nitrogen and oxygen atoms in total. The molecular formula is C22H22N6. The van der Waals surface area contributed by atoms with E-state index in [1.165, 1.54) is 48.2 Å². The molecule has 0 amide bonds. The third-order valence-corrected chi connectivity index (χ3v) is 6.21. The summed E-state index contributed by atoms with van der Waals surface area (Å²) in [6.07, 6.45) is 12.9. The summed E-state index contributed by atoms with van der Waals surface area (Å²) in [6.45, 7) is 0. The van der Waals surface area contributed by atoms with Crippen molar-refractivity contribution in [1.82, 2.24) is 30.4 Å². The fourth-order valence-electron chi connectivity index (χ4n) is 4.77. The second-order valence-corrected chi connectivity index (χ2v) is 7.93. The van der Waals surface area contributed by atoms with Crippen molar-refractivity contribution in [1.29, 1.82) is 0 Å². The predicted molar refractivity (Wildman–Crippen MR) is 108 cm³/mol. The van der Waals surface area contributed by atoms with Gasteiger partial charge in [0.1, 0.15) is 11.4 Å². The van der Waals surface area contributed by atoms with E-state index in [0.717, 1.165) is 59.2 Å². The van der Waals surface area contributed by atoms with Crippen LogP contribution in [0.5, 0.6) is 0 Å². The predicted octanol–water partition coefficient (Wildman–Crippen LogP) is 4.17. The number of aryl methyl sites for hydroxylation is 2. The lowest BCUT2D eigenvalue weighted by molar-refractivity contribution is 0.675. The number of hydrogen-bond acceptors (Lipinski definition) is 4. The number of nitrogens with one attached hydrogen (secondary N) is 2. The van der Waals surface area contributed by atoms with Gasteiger partial charge in [0.25, 0.3) is 0 Å². The molecule has 4 aromatic heterocycles. The zero-order chi connectivity index (χ0) is 18.5. The maximum absolute atomic E-state index is 5.11. The fourth-order valence-corrected chi connectivity index (χ4v) is 4.77. The molecule has 2 N–H and O–H groups in total. The van der Waals surface area contributed by atoms with Crippen molar-refractivity contribution >= 4 is 10.8 Å². The van der Waals surface area contributed by atoms with Crippen LogP contribution in [0.1, 0.15) is 48.2 Å².